The molecule has 0 atom stereocenters. The van der Waals surface area contributed by atoms with Crippen LogP contribution in [0.2, 0.25) is 0 Å². The van der Waals surface area contributed by atoms with Crippen molar-refractivity contribution in [1.82, 2.24) is 4.98 Å². The average Bonchev–Trinajstić information content (AvgIpc) is 3.19. The predicted molar refractivity (Wildman–Crippen MR) is 110 cm³/mol. The smallest absolute Gasteiger partial charge is 0.344 e. The van der Waals surface area contributed by atoms with Gasteiger partial charge >= 0.3 is 11.7 Å². The van der Waals surface area contributed by atoms with E-state index in [0.717, 1.165) is 16.8 Å². The van der Waals surface area contributed by atoms with Gasteiger partial charge in [0.05, 0.1) is 10.6 Å². The van der Waals surface area contributed by atoms with Crippen LogP contribution in [0.25, 0.3) is 11.3 Å². The van der Waals surface area contributed by atoms with Crippen LogP contribution in [0.3, 0.4) is 0 Å². The second-order valence-corrected chi connectivity index (χ2v) is 6.98. The molecule has 3 rings (SSSR count). The molecule has 30 heavy (non-hydrogen) atoms. The first-order chi connectivity index (χ1) is 14.4. The molecule has 0 unspecified atom stereocenters. The number of aryl methyl sites for hydroxylation is 1. The SMILES string of the molecule is Cc1ccc(-c2csc(NC(=O)COC(=O)COc3ccccc3[N+](=O)[O-])n2)cc1. The first-order valence-corrected chi connectivity index (χ1v) is 9.64. The minimum atomic E-state index is -0.831. The zero-order chi connectivity index (χ0) is 21.5. The van der Waals surface area contributed by atoms with Gasteiger partial charge < -0.3 is 9.47 Å². The van der Waals surface area contributed by atoms with Crippen molar-refractivity contribution in [2.24, 2.45) is 0 Å². The largest absolute Gasteiger partial charge is 0.475 e. The van der Waals surface area contributed by atoms with E-state index in [1.807, 2.05) is 36.6 Å². The van der Waals surface area contributed by atoms with E-state index in [-0.39, 0.29) is 11.4 Å². The molecule has 154 valence electrons. The number of aromatic nitrogens is 1. The number of ether oxygens (including phenoxy) is 2. The van der Waals surface area contributed by atoms with Gasteiger partial charge in [-0.15, -0.1) is 11.3 Å². The number of para-hydroxylation sites is 2. The van der Waals surface area contributed by atoms with Crippen LogP contribution in [0.1, 0.15) is 5.56 Å². The number of thiazole rings is 1. The Kier molecular flexibility index (Phi) is 6.71. The lowest BCUT2D eigenvalue weighted by molar-refractivity contribution is -0.385. The highest BCUT2D eigenvalue weighted by molar-refractivity contribution is 7.14. The lowest BCUT2D eigenvalue weighted by atomic mass is 10.1. The van der Waals surface area contributed by atoms with E-state index in [4.69, 9.17) is 9.47 Å². The second-order valence-electron chi connectivity index (χ2n) is 6.13. The van der Waals surface area contributed by atoms with Crippen LogP contribution in [0.4, 0.5) is 10.8 Å². The number of benzene rings is 2. The normalized spacial score (nSPS) is 10.3. The number of amides is 1. The van der Waals surface area contributed by atoms with Crippen LogP contribution in [0.15, 0.2) is 53.9 Å². The van der Waals surface area contributed by atoms with E-state index in [1.54, 1.807) is 6.07 Å². The molecule has 10 heteroatoms. The molecule has 0 saturated heterocycles. The second kappa shape index (κ2) is 9.61. The average molecular weight is 427 g/mol. The molecule has 0 aliphatic carbocycles. The summed E-state index contributed by atoms with van der Waals surface area (Å²) in [7, 11) is 0. The van der Waals surface area contributed by atoms with Gasteiger partial charge in [-0.2, -0.15) is 0 Å². The van der Waals surface area contributed by atoms with E-state index in [0.29, 0.717) is 5.13 Å². The summed E-state index contributed by atoms with van der Waals surface area (Å²) < 4.78 is 9.95. The number of carbonyl (C=O) groups is 2. The van der Waals surface area contributed by atoms with Gasteiger partial charge in [0.15, 0.2) is 24.1 Å². The van der Waals surface area contributed by atoms with E-state index in [9.17, 15) is 19.7 Å². The molecule has 0 aliphatic heterocycles. The van der Waals surface area contributed by atoms with E-state index in [2.05, 4.69) is 10.3 Å². The Labute approximate surface area is 175 Å². The third-order valence-corrected chi connectivity index (χ3v) is 4.63. The predicted octanol–water partition coefficient (Wildman–Crippen LogP) is 3.59. The number of nitrogens with one attached hydrogen (secondary N) is 1. The molecule has 9 nitrogen and oxygen atoms in total. The Bertz CT molecular complexity index is 1060. The van der Waals surface area contributed by atoms with Crippen LogP contribution < -0.4 is 10.1 Å². The molecule has 0 bridgehead atoms. The zero-order valence-corrected chi connectivity index (χ0v) is 16.7. The number of hydrogen-bond donors (Lipinski definition) is 1. The standard InChI is InChI=1S/C20H17N3O6S/c1-13-6-8-14(9-7-13)15-12-30-20(21-15)22-18(24)10-29-19(25)11-28-17-5-3-2-4-16(17)23(26)27/h2-9,12H,10-11H2,1H3,(H,21,22,24). The van der Waals surface area contributed by atoms with Gasteiger partial charge in [-0.1, -0.05) is 42.0 Å². The number of nitro groups is 1. The first-order valence-electron chi connectivity index (χ1n) is 8.76. The minimum absolute atomic E-state index is 0.0599. The lowest BCUT2D eigenvalue weighted by Crippen LogP contribution is -2.23. The quantitative estimate of drug-likeness (QED) is 0.331. The maximum absolute atomic E-state index is 12.0. The monoisotopic (exact) mass is 427 g/mol. The summed E-state index contributed by atoms with van der Waals surface area (Å²) in [5.41, 5.74) is 2.52. The highest BCUT2D eigenvalue weighted by atomic mass is 32.1. The Morgan fingerprint density at radius 1 is 1.13 bits per heavy atom. The minimum Gasteiger partial charge on any atom is -0.475 e. The first kappa shape index (κ1) is 20.9. The van der Waals surface area contributed by atoms with Crippen LogP contribution in [0.5, 0.6) is 5.75 Å². The number of nitro benzene ring substituents is 1. The maximum atomic E-state index is 12.0. The summed E-state index contributed by atoms with van der Waals surface area (Å²) in [6.07, 6.45) is 0. The highest BCUT2D eigenvalue weighted by Gasteiger charge is 2.16. The lowest BCUT2D eigenvalue weighted by Gasteiger charge is -2.07. The molecule has 0 radical (unpaired) electrons. The Balaban J connectivity index is 1.46. The van der Waals surface area contributed by atoms with Crippen LogP contribution in [0, 0.1) is 17.0 Å². The fourth-order valence-electron chi connectivity index (χ4n) is 2.40. The summed E-state index contributed by atoms with van der Waals surface area (Å²) in [4.78, 5) is 38.4. The summed E-state index contributed by atoms with van der Waals surface area (Å²) in [6, 6.07) is 13.5. The zero-order valence-electron chi connectivity index (χ0n) is 15.9. The molecule has 1 N–H and O–H groups in total. The molecule has 0 aliphatic rings. The van der Waals surface area contributed by atoms with Gasteiger partial charge in [-0.05, 0) is 13.0 Å². The van der Waals surface area contributed by atoms with Crippen molar-refractivity contribution in [2.45, 2.75) is 6.92 Å². The third kappa shape index (κ3) is 5.61. The number of esters is 1. The Morgan fingerprint density at radius 3 is 2.60 bits per heavy atom. The number of anilines is 1. The van der Waals surface area contributed by atoms with Gasteiger partial charge in [0.25, 0.3) is 5.91 Å². The van der Waals surface area contributed by atoms with Crippen molar-refractivity contribution in [3.05, 3.63) is 69.6 Å². The van der Waals surface area contributed by atoms with Gasteiger partial charge in [0.2, 0.25) is 0 Å². The molecular weight excluding hydrogens is 410 g/mol. The molecule has 1 aromatic heterocycles. The summed E-state index contributed by atoms with van der Waals surface area (Å²) >= 11 is 1.25. The van der Waals surface area contributed by atoms with Gasteiger partial charge in [-0.3, -0.25) is 20.2 Å². The highest BCUT2D eigenvalue weighted by Crippen LogP contribution is 2.26. The molecule has 1 heterocycles. The van der Waals surface area contributed by atoms with E-state index < -0.39 is 30.0 Å². The van der Waals surface area contributed by atoms with E-state index >= 15 is 0 Å². The summed E-state index contributed by atoms with van der Waals surface area (Å²) in [6.45, 7) is 0.898. The van der Waals surface area contributed by atoms with Crippen molar-refractivity contribution in [3.63, 3.8) is 0 Å². The Morgan fingerprint density at radius 2 is 1.87 bits per heavy atom. The van der Waals surface area contributed by atoms with Crippen molar-refractivity contribution >= 4 is 34.0 Å². The molecule has 0 fully saturated rings. The van der Waals surface area contributed by atoms with Crippen molar-refractivity contribution < 1.29 is 24.0 Å². The van der Waals surface area contributed by atoms with Crippen molar-refractivity contribution in [3.8, 4) is 17.0 Å². The van der Waals surface area contributed by atoms with Gasteiger partial charge in [-0.25, -0.2) is 9.78 Å². The topological polar surface area (TPSA) is 121 Å². The number of carbonyl (C=O) groups excluding carboxylic acids is 2. The molecular formula is C20H17N3O6S. The van der Waals surface area contributed by atoms with Gasteiger partial charge in [0, 0.05) is 17.0 Å². The summed E-state index contributed by atoms with van der Waals surface area (Å²) in [5, 5.41) is 15.7. The summed E-state index contributed by atoms with van der Waals surface area (Å²) in [5.74, 6) is -1.45. The van der Waals surface area contributed by atoms with Crippen molar-refractivity contribution in [1.29, 1.82) is 0 Å². The third-order valence-electron chi connectivity index (χ3n) is 3.87. The maximum Gasteiger partial charge on any atom is 0.344 e. The van der Waals surface area contributed by atoms with Gasteiger partial charge in [0.1, 0.15) is 0 Å². The van der Waals surface area contributed by atoms with Crippen molar-refractivity contribution in [2.75, 3.05) is 18.5 Å². The van der Waals surface area contributed by atoms with Crippen LogP contribution in [-0.4, -0.2) is 35.0 Å². The Hall–Kier alpha value is -3.79. The molecule has 2 aromatic carbocycles. The molecule has 3 aromatic rings. The van der Waals surface area contributed by atoms with Crippen LogP contribution in [-0.2, 0) is 14.3 Å². The molecule has 0 saturated carbocycles. The molecule has 0 spiro atoms. The number of hydrogen-bond acceptors (Lipinski definition) is 8. The fraction of sp³-hybridized carbons (Fsp3) is 0.150. The fourth-order valence-corrected chi connectivity index (χ4v) is 3.13. The number of rotatable bonds is 8. The number of nitrogens with zero attached hydrogens (tertiary/aromatic N) is 2. The molecule has 1 amide bonds. The van der Waals surface area contributed by atoms with E-state index in [1.165, 1.54) is 29.5 Å². The van der Waals surface area contributed by atoms with Crippen LogP contribution >= 0.6 is 11.3 Å².